The molecule has 1 aromatic carbocycles. The summed E-state index contributed by atoms with van der Waals surface area (Å²) < 4.78 is 1.58. The van der Waals surface area contributed by atoms with Crippen molar-refractivity contribution < 1.29 is 9.59 Å². The maximum Gasteiger partial charge on any atom is 0.253 e. The van der Waals surface area contributed by atoms with Crippen LogP contribution < -0.4 is 5.73 Å². The summed E-state index contributed by atoms with van der Waals surface area (Å²) in [6.07, 6.45) is 0. The molecule has 2 amide bonds. The van der Waals surface area contributed by atoms with Gasteiger partial charge in [0.05, 0.1) is 12.2 Å². The summed E-state index contributed by atoms with van der Waals surface area (Å²) >= 11 is 6.18. The summed E-state index contributed by atoms with van der Waals surface area (Å²) in [6, 6.07) is 6.23. The molecule has 0 spiro atoms. The van der Waals surface area contributed by atoms with Gasteiger partial charge < -0.3 is 10.6 Å². The maximum absolute atomic E-state index is 12.4. The number of hydrogen-bond acceptors (Lipinski definition) is 3. The van der Waals surface area contributed by atoms with Crippen LogP contribution in [-0.2, 0) is 13.6 Å². The van der Waals surface area contributed by atoms with Crippen molar-refractivity contribution in [3.05, 3.63) is 51.8 Å². The molecule has 7 heteroatoms. The van der Waals surface area contributed by atoms with E-state index in [0.29, 0.717) is 22.8 Å². The van der Waals surface area contributed by atoms with Gasteiger partial charge in [-0.2, -0.15) is 5.10 Å². The molecule has 22 heavy (non-hydrogen) atoms. The Hall–Kier alpha value is -2.34. The van der Waals surface area contributed by atoms with Gasteiger partial charge in [0.2, 0.25) is 5.91 Å². The van der Waals surface area contributed by atoms with E-state index in [1.807, 2.05) is 6.92 Å². The lowest BCUT2D eigenvalue weighted by Gasteiger charge is -2.17. The van der Waals surface area contributed by atoms with Crippen molar-refractivity contribution in [1.29, 1.82) is 0 Å². The molecule has 2 rings (SSSR count). The van der Waals surface area contributed by atoms with Crippen LogP contribution in [0.3, 0.4) is 0 Å². The second-order valence-electron chi connectivity index (χ2n) is 5.08. The maximum atomic E-state index is 12.4. The summed E-state index contributed by atoms with van der Waals surface area (Å²) in [5, 5.41) is 4.74. The van der Waals surface area contributed by atoms with Crippen molar-refractivity contribution in [2.45, 2.75) is 13.5 Å². The molecule has 0 aliphatic heterocycles. The van der Waals surface area contributed by atoms with E-state index in [-0.39, 0.29) is 5.91 Å². The first-order valence-corrected chi connectivity index (χ1v) is 7.02. The minimum atomic E-state index is -0.523. The highest BCUT2D eigenvalue weighted by Gasteiger charge is 2.17. The van der Waals surface area contributed by atoms with Crippen LogP contribution in [0.1, 0.15) is 32.0 Å². The fraction of sp³-hybridized carbons (Fsp3) is 0.267. The molecule has 0 aliphatic rings. The monoisotopic (exact) mass is 320 g/mol. The van der Waals surface area contributed by atoms with Crippen LogP contribution >= 0.6 is 11.6 Å². The average Bonchev–Trinajstić information content (AvgIpc) is 2.73. The lowest BCUT2D eigenvalue weighted by atomic mass is 10.1. The number of primary amides is 1. The number of halogens is 1. The van der Waals surface area contributed by atoms with Crippen LogP contribution in [0, 0.1) is 6.92 Å². The first kappa shape index (κ1) is 16.0. The number of carbonyl (C=O) groups is 2. The molecule has 0 atom stereocenters. The zero-order chi connectivity index (χ0) is 16.4. The Bertz CT molecular complexity index is 722. The summed E-state index contributed by atoms with van der Waals surface area (Å²) in [6.45, 7) is 2.20. The lowest BCUT2D eigenvalue weighted by Crippen LogP contribution is -2.26. The topological polar surface area (TPSA) is 81.2 Å². The van der Waals surface area contributed by atoms with Gasteiger partial charge in [-0.25, -0.2) is 0 Å². The normalized spacial score (nSPS) is 10.5. The van der Waals surface area contributed by atoms with Crippen molar-refractivity contribution in [1.82, 2.24) is 14.7 Å². The molecular formula is C15H17ClN4O2. The van der Waals surface area contributed by atoms with E-state index in [1.54, 1.807) is 35.8 Å². The smallest absolute Gasteiger partial charge is 0.253 e. The number of carbonyl (C=O) groups excluding carboxylic acids is 2. The number of nitrogens with zero attached hydrogens (tertiary/aromatic N) is 3. The van der Waals surface area contributed by atoms with Crippen molar-refractivity contribution >= 4 is 23.4 Å². The predicted molar refractivity (Wildman–Crippen MR) is 83.7 cm³/mol. The van der Waals surface area contributed by atoms with Crippen molar-refractivity contribution in [2.75, 3.05) is 7.05 Å². The number of aryl methyl sites for hydroxylation is 2. The molecule has 0 saturated carbocycles. The minimum Gasteiger partial charge on any atom is -0.366 e. The van der Waals surface area contributed by atoms with Crippen LogP contribution in [0.25, 0.3) is 0 Å². The third-order valence-corrected chi connectivity index (χ3v) is 3.90. The predicted octanol–water partition coefficient (Wildman–Crippen LogP) is 1.75. The van der Waals surface area contributed by atoms with E-state index in [9.17, 15) is 9.59 Å². The summed E-state index contributed by atoms with van der Waals surface area (Å²) in [7, 11) is 3.44. The number of nitrogens with two attached hydrogens (primary N) is 1. The van der Waals surface area contributed by atoms with E-state index >= 15 is 0 Å². The summed E-state index contributed by atoms with van der Waals surface area (Å²) in [4.78, 5) is 25.0. The van der Waals surface area contributed by atoms with Crippen LogP contribution in [0.2, 0.25) is 5.15 Å². The van der Waals surface area contributed by atoms with Gasteiger partial charge in [-0.3, -0.25) is 14.3 Å². The van der Waals surface area contributed by atoms with Crippen LogP contribution in [0.15, 0.2) is 24.3 Å². The summed E-state index contributed by atoms with van der Waals surface area (Å²) in [5.74, 6) is -0.694. The minimum absolute atomic E-state index is 0.171. The Kier molecular flexibility index (Phi) is 4.51. The molecule has 0 fully saturated rings. The lowest BCUT2D eigenvalue weighted by molar-refractivity contribution is 0.0784. The van der Waals surface area contributed by atoms with Crippen molar-refractivity contribution in [3.8, 4) is 0 Å². The standard InChI is InChI=1S/C15H17ClN4O2/c1-9-12(13(16)20(3)18-9)8-19(2)15(22)11-6-4-10(5-7-11)14(17)21/h4-7H,8H2,1-3H3,(H2,17,21). The molecule has 6 nitrogen and oxygen atoms in total. The van der Waals surface area contributed by atoms with Gasteiger partial charge in [0.25, 0.3) is 5.91 Å². The molecule has 2 N–H and O–H groups in total. The largest absolute Gasteiger partial charge is 0.366 e. The Morgan fingerprint density at radius 1 is 1.27 bits per heavy atom. The molecule has 116 valence electrons. The molecule has 0 radical (unpaired) electrons. The molecule has 0 unspecified atom stereocenters. The fourth-order valence-corrected chi connectivity index (χ4v) is 2.39. The Morgan fingerprint density at radius 2 is 1.82 bits per heavy atom. The molecule has 0 aliphatic carbocycles. The number of amides is 2. The van der Waals surface area contributed by atoms with E-state index in [0.717, 1.165) is 11.3 Å². The van der Waals surface area contributed by atoms with Crippen LogP contribution in [0.4, 0.5) is 0 Å². The van der Waals surface area contributed by atoms with Gasteiger partial charge in [-0.15, -0.1) is 0 Å². The molecule has 1 heterocycles. The third kappa shape index (κ3) is 3.12. The highest BCUT2D eigenvalue weighted by Crippen LogP contribution is 2.20. The third-order valence-electron chi connectivity index (χ3n) is 3.43. The van der Waals surface area contributed by atoms with Gasteiger partial charge in [-0.05, 0) is 31.2 Å². The Morgan fingerprint density at radius 3 is 2.27 bits per heavy atom. The number of benzene rings is 1. The second-order valence-corrected chi connectivity index (χ2v) is 5.44. The zero-order valence-corrected chi connectivity index (χ0v) is 13.4. The Labute approximate surface area is 133 Å². The van der Waals surface area contributed by atoms with Crippen molar-refractivity contribution in [3.63, 3.8) is 0 Å². The zero-order valence-electron chi connectivity index (χ0n) is 12.6. The van der Waals surface area contributed by atoms with E-state index in [1.165, 1.54) is 12.1 Å². The highest BCUT2D eigenvalue weighted by molar-refractivity contribution is 6.30. The van der Waals surface area contributed by atoms with Gasteiger partial charge in [0.15, 0.2) is 0 Å². The molecular weight excluding hydrogens is 304 g/mol. The molecule has 2 aromatic rings. The van der Waals surface area contributed by atoms with Gasteiger partial charge in [0, 0.05) is 30.8 Å². The van der Waals surface area contributed by atoms with Gasteiger partial charge >= 0.3 is 0 Å². The molecule has 0 bridgehead atoms. The number of aromatic nitrogens is 2. The highest BCUT2D eigenvalue weighted by atomic mass is 35.5. The Balaban J connectivity index is 2.16. The molecule has 0 saturated heterocycles. The van der Waals surface area contributed by atoms with E-state index in [2.05, 4.69) is 5.10 Å². The van der Waals surface area contributed by atoms with E-state index in [4.69, 9.17) is 17.3 Å². The first-order chi connectivity index (χ1) is 10.3. The fourth-order valence-electron chi connectivity index (χ4n) is 2.16. The molecule has 1 aromatic heterocycles. The SMILES string of the molecule is Cc1nn(C)c(Cl)c1CN(C)C(=O)c1ccc(C(N)=O)cc1. The van der Waals surface area contributed by atoms with Crippen LogP contribution in [-0.4, -0.2) is 33.5 Å². The second kappa shape index (κ2) is 6.19. The van der Waals surface area contributed by atoms with Gasteiger partial charge in [-0.1, -0.05) is 11.6 Å². The number of rotatable bonds is 4. The van der Waals surface area contributed by atoms with Gasteiger partial charge in [0.1, 0.15) is 5.15 Å². The summed E-state index contributed by atoms with van der Waals surface area (Å²) in [5.41, 5.74) is 7.62. The van der Waals surface area contributed by atoms with E-state index < -0.39 is 5.91 Å². The quantitative estimate of drug-likeness (QED) is 0.931. The average molecular weight is 321 g/mol. The van der Waals surface area contributed by atoms with Crippen LogP contribution in [0.5, 0.6) is 0 Å². The first-order valence-electron chi connectivity index (χ1n) is 6.64. The van der Waals surface area contributed by atoms with Crippen molar-refractivity contribution in [2.24, 2.45) is 12.8 Å². The number of hydrogen-bond donors (Lipinski definition) is 1.